The summed E-state index contributed by atoms with van der Waals surface area (Å²) in [7, 11) is 1.84. The van der Waals surface area contributed by atoms with E-state index in [1.807, 2.05) is 31.4 Å². The van der Waals surface area contributed by atoms with Crippen LogP contribution < -0.4 is 10.6 Å². The maximum Gasteiger partial charge on any atom is 0.235 e. The molecule has 6 nitrogen and oxygen atoms in total. The van der Waals surface area contributed by atoms with Gasteiger partial charge < -0.3 is 10.6 Å². The molecule has 1 aromatic heterocycles. The van der Waals surface area contributed by atoms with Gasteiger partial charge in [0.1, 0.15) is 0 Å². The van der Waals surface area contributed by atoms with E-state index < -0.39 is 5.41 Å². The Morgan fingerprint density at radius 2 is 2.22 bits per heavy atom. The van der Waals surface area contributed by atoms with Crippen molar-refractivity contribution in [2.45, 2.75) is 37.3 Å². The van der Waals surface area contributed by atoms with Crippen LogP contribution in [0, 0.1) is 0 Å². The Morgan fingerprint density at radius 3 is 2.96 bits per heavy atom. The molecule has 0 saturated carbocycles. The van der Waals surface area contributed by atoms with Gasteiger partial charge in [-0.25, -0.2) is 0 Å². The van der Waals surface area contributed by atoms with Gasteiger partial charge in [-0.2, -0.15) is 0 Å². The van der Waals surface area contributed by atoms with E-state index in [9.17, 15) is 4.79 Å². The number of piperidine rings is 1. The topological polar surface area (TPSA) is 71.8 Å². The molecule has 0 unspecified atom stereocenters. The van der Waals surface area contributed by atoms with Crippen LogP contribution in [0.1, 0.15) is 37.1 Å². The number of nitrogens with zero attached hydrogens (tertiary/aromatic N) is 3. The SMILES string of the molecule is C[C@H]1C[C@@]2(C[C@@H](c3cn(C)nn3)N1)C(=O)Nc1ccc(Cl)cc12. The molecule has 2 N–H and O–H groups in total. The molecule has 0 aliphatic carbocycles. The van der Waals surface area contributed by atoms with Crippen molar-refractivity contribution in [3.63, 3.8) is 0 Å². The van der Waals surface area contributed by atoms with Crippen LogP contribution in [0.25, 0.3) is 0 Å². The van der Waals surface area contributed by atoms with Crippen LogP contribution >= 0.6 is 11.6 Å². The lowest BCUT2D eigenvalue weighted by atomic mass is 9.69. The molecule has 2 aliphatic heterocycles. The lowest BCUT2D eigenvalue weighted by molar-refractivity contribution is -0.122. The predicted octanol–water partition coefficient (Wildman–Crippen LogP) is 2.17. The third-order valence-electron chi connectivity index (χ3n) is 4.85. The first-order valence-electron chi connectivity index (χ1n) is 7.72. The Balaban J connectivity index is 1.78. The van der Waals surface area contributed by atoms with Gasteiger partial charge in [0.15, 0.2) is 0 Å². The number of anilines is 1. The normalized spacial score (nSPS) is 29.6. The number of halogens is 1. The highest BCUT2D eigenvalue weighted by Crippen LogP contribution is 2.49. The number of nitrogens with one attached hydrogen (secondary N) is 2. The van der Waals surface area contributed by atoms with Crippen LogP contribution in [0.15, 0.2) is 24.4 Å². The third-order valence-corrected chi connectivity index (χ3v) is 5.09. The highest BCUT2D eigenvalue weighted by atomic mass is 35.5. The first-order valence-corrected chi connectivity index (χ1v) is 8.09. The molecule has 0 bridgehead atoms. The van der Waals surface area contributed by atoms with Crippen LogP contribution in [0.4, 0.5) is 5.69 Å². The van der Waals surface area contributed by atoms with E-state index in [1.54, 1.807) is 4.68 Å². The van der Waals surface area contributed by atoms with E-state index in [-0.39, 0.29) is 18.0 Å². The fourth-order valence-electron chi connectivity index (χ4n) is 3.92. The number of carbonyl (C=O) groups is 1. The number of benzene rings is 1. The van der Waals surface area contributed by atoms with Crippen LogP contribution in [-0.4, -0.2) is 26.9 Å². The molecule has 7 heteroatoms. The quantitative estimate of drug-likeness (QED) is 0.840. The third kappa shape index (κ3) is 2.24. The molecule has 4 rings (SSSR count). The summed E-state index contributed by atoms with van der Waals surface area (Å²) in [6.07, 6.45) is 3.29. The van der Waals surface area contributed by atoms with E-state index >= 15 is 0 Å². The van der Waals surface area contributed by atoms with E-state index in [0.29, 0.717) is 11.4 Å². The molecule has 120 valence electrons. The minimum Gasteiger partial charge on any atom is -0.325 e. The van der Waals surface area contributed by atoms with Gasteiger partial charge in [0.05, 0.1) is 17.2 Å². The number of rotatable bonds is 1. The summed E-state index contributed by atoms with van der Waals surface area (Å²) in [5.74, 6) is 0.0528. The zero-order valence-electron chi connectivity index (χ0n) is 13.0. The highest BCUT2D eigenvalue weighted by molar-refractivity contribution is 6.31. The van der Waals surface area contributed by atoms with Gasteiger partial charge in [0.2, 0.25) is 5.91 Å². The minimum absolute atomic E-state index is 0.0110. The maximum absolute atomic E-state index is 12.8. The molecule has 3 atom stereocenters. The number of fused-ring (bicyclic) bond motifs is 2. The lowest BCUT2D eigenvalue weighted by Crippen LogP contribution is -2.50. The van der Waals surface area contributed by atoms with Gasteiger partial charge >= 0.3 is 0 Å². The molecular weight excluding hydrogens is 314 g/mol. The monoisotopic (exact) mass is 331 g/mol. The molecule has 3 heterocycles. The van der Waals surface area contributed by atoms with Crippen molar-refractivity contribution in [3.8, 4) is 0 Å². The Bertz CT molecular complexity index is 789. The number of hydrogen-bond acceptors (Lipinski definition) is 4. The molecule has 1 amide bonds. The largest absolute Gasteiger partial charge is 0.325 e. The fourth-order valence-corrected chi connectivity index (χ4v) is 4.09. The van der Waals surface area contributed by atoms with Crippen molar-refractivity contribution in [1.29, 1.82) is 0 Å². The fraction of sp³-hybridized carbons (Fsp3) is 0.438. The molecule has 0 radical (unpaired) electrons. The van der Waals surface area contributed by atoms with Crippen molar-refractivity contribution in [2.24, 2.45) is 7.05 Å². The molecule has 1 spiro atoms. The zero-order valence-corrected chi connectivity index (χ0v) is 13.8. The maximum atomic E-state index is 12.8. The minimum atomic E-state index is -0.562. The molecule has 23 heavy (non-hydrogen) atoms. The summed E-state index contributed by atoms with van der Waals surface area (Å²) in [5.41, 5.74) is 2.16. The summed E-state index contributed by atoms with van der Waals surface area (Å²) in [6.45, 7) is 2.10. The second kappa shape index (κ2) is 5.04. The van der Waals surface area contributed by atoms with Gasteiger partial charge in [0, 0.05) is 30.0 Å². The number of aromatic nitrogens is 3. The van der Waals surface area contributed by atoms with E-state index in [0.717, 1.165) is 23.4 Å². The van der Waals surface area contributed by atoms with Crippen LogP contribution in [0.3, 0.4) is 0 Å². The first kappa shape index (κ1) is 14.7. The molecule has 1 aromatic carbocycles. The molecular formula is C16H18ClN5O. The average Bonchev–Trinajstić information content (AvgIpc) is 3.03. The second-order valence-corrected chi connectivity index (χ2v) is 7.01. The molecule has 2 aliphatic rings. The van der Waals surface area contributed by atoms with E-state index in [2.05, 4.69) is 27.9 Å². The standard InChI is InChI=1S/C16H18ClN5O/c1-9-6-16(7-13(18-9)14-8-22(2)21-20-14)11-5-10(17)3-4-12(11)19-15(16)23/h3-5,8-9,13,18H,6-7H2,1-2H3,(H,19,23)/t9-,13-,16-/m0/s1. The van der Waals surface area contributed by atoms with Gasteiger partial charge in [-0.15, -0.1) is 5.10 Å². The molecule has 1 saturated heterocycles. The van der Waals surface area contributed by atoms with Crippen molar-refractivity contribution >= 4 is 23.2 Å². The summed E-state index contributed by atoms with van der Waals surface area (Å²) in [5, 5.41) is 15.4. The Labute approximate surface area is 139 Å². The van der Waals surface area contributed by atoms with Gasteiger partial charge in [-0.1, -0.05) is 16.8 Å². The Morgan fingerprint density at radius 1 is 1.39 bits per heavy atom. The predicted molar refractivity (Wildman–Crippen MR) is 87.3 cm³/mol. The number of amides is 1. The molecule has 2 aromatic rings. The summed E-state index contributed by atoms with van der Waals surface area (Å²) in [4.78, 5) is 12.8. The van der Waals surface area contributed by atoms with Crippen LogP contribution in [0.5, 0.6) is 0 Å². The van der Waals surface area contributed by atoms with E-state index in [4.69, 9.17) is 11.6 Å². The summed E-state index contributed by atoms with van der Waals surface area (Å²) in [6, 6.07) is 5.79. The van der Waals surface area contributed by atoms with Crippen LogP contribution in [0.2, 0.25) is 5.02 Å². The smallest absolute Gasteiger partial charge is 0.235 e. The number of carbonyl (C=O) groups excluding carboxylic acids is 1. The molecule has 1 fully saturated rings. The average molecular weight is 332 g/mol. The number of hydrogen-bond donors (Lipinski definition) is 2. The van der Waals surface area contributed by atoms with Crippen molar-refractivity contribution in [1.82, 2.24) is 20.3 Å². The Kier molecular flexibility index (Phi) is 3.21. The van der Waals surface area contributed by atoms with Gasteiger partial charge in [-0.05, 0) is 43.5 Å². The van der Waals surface area contributed by atoms with Gasteiger partial charge in [0.25, 0.3) is 0 Å². The van der Waals surface area contributed by atoms with Crippen molar-refractivity contribution in [2.75, 3.05) is 5.32 Å². The summed E-state index contributed by atoms with van der Waals surface area (Å²) < 4.78 is 1.68. The van der Waals surface area contributed by atoms with Gasteiger partial charge in [-0.3, -0.25) is 9.48 Å². The first-order chi connectivity index (χ1) is 11.0. The number of aryl methyl sites for hydroxylation is 1. The summed E-state index contributed by atoms with van der Waals surface area (Å²) >= 11 is 6.19. The lowest BCUT2D eigenvalue weighted by Gasteiger charge is -2.40. The van der Waals surface area contributed by atoms with Crippen molar-refractivity contribution in [3.05, 3.63) is 40.7 Å². The zero-order chi connectivity index (χ0) is 16.2. The van der Waals surface area contributed by atoms with Crippen molar-refractivity contribution < 1.29 is 4.79 Å². The highest BCUT2D eigenvalue weighted by Gasteiger charge is 2.51. The second-order valence-electron chi connectivity index (χ2n) is 6.57. The van der Waals surface area contributed by atoms with Crippen LogP contribution in [-0.2, 0) is 17.3 Å². The Hall–Kier alpha value is -1.92. The van der Waals surface area contributed by atoms with E-state index in [1.165, 1.54) is 0 Å².